The molecule has 1 amide bonds. The van der Waals surface area contributed by atoms with Crippen LogP contribution in [0.2, 0.25) is 0 Å². The van der Waals surface area contributed by atoms with E-state index in [4.69, 9.17) is 0 Å². The standard InChI is InChI=1S/C14H24N2O3S/c17-12(9-11-10-20-8-7-15-11)16-14(13(18)19)5-3-1-2-4-6-14/h11,15H,1-10H2,(H,16,17)(H,18,19). The summed E-state index contributed by atoms with van der Waals surface area (Å²) in [4.78, 5) is 23.8. The SMILES string of the molecule is O=C(CC1CSCCN1)NC1(C(=O)O)CCCCCC1. The molecule has 0 spiro atoms. The van der Waals surface area contributed by atoms with Gasteiger partial charge in [0.2, 0.25) is 5.91 Å². The highest BCUT2D eigenvalue weighted by molar-refractivity contribution is 7.99. The number of carboxylic acid groups (broad SMARTS) is 1. The number of aliphatic carboxylic acids is 1. The third-order valence-electron chi connectivity index (χ3n) is 4.18. The molecule has 0 aromatic rings. The van der Waals surface area contributed by atoms with E-state index in [1.165, 1.54) is 0 Å². The minimum absolute atomic E-state index is 0.130. The van der Waals surface area contributed by atoms with Crippen molar-refractivity contribution >= 4 is 23.6 Å². The maximum absolute atomic E-state index is 12.2. The number of rotatable bonds is 4. The Balaban J connectivity index is 1.92. The van der Waals surface area contributed by atoms with Gasteiger partial charge in [-0.3, -0.25) is 4.79 Å². The van der Waals surface area contributed by atoms with Crippen molar-refractivity contribution in [1.82, 2.24) is 10.6 Å². The van der Waals surface area contributed by atoms with Crippen molar-refractivity contribution in [3.63, 3.8) is 0 Å². The second-order valence-electron chi connectivity index (χ2n) is 5.78. The van der Waals surface area contributed by atoms with Gasteiger partial charge in [0.05, 0.1) is 0 Å². The van der Waals surface area contributed by atoms with Crippen LogP contribution in [0, 0.1) is 0 Å². The monoisotopic (exact) mass is 300 g/mol. The quantitative estimate of drug-likeness (QED) is 0.684. The third-order valence-corrected chi connectivity index (χ3v) is 5.31. The van der Waals surface area contributed by atoms with Gasteiger partial charge in [-0.05, 0) is 12.8 Å². The minimum Gasteiger partial charge on any atom is -0.480 e. The Bertz CT molecular complexity index is 348. The highest BCUT2D eigenvalue weighted by Gasteiger charge is 2.40. The molecule has 1 aliphatic carbocycles. The number of hydrogen-bond acceptors (Lipinski definition) is 4. The first kappa shape index (κ1) is 15.6. The average Bonchev–Trinajstić information content (AvgIpc) is 2.66. The second-order valence-corrected chi connectivity index (χ2v) is 6.93. The fourth-order valence-corrected chi connectivity index (χ4v) is 3.97. The Kier molecular flexibility index (Phi) is 5.72. The van der Waals surface area contributed by atoms with E-state index in [0.29, 0.717) is 19.3 Å². The van der Waals surface area contributed by atoms with Crippen LogP contribution in [0.1, 0.15) is 44.9 Å². The molecular weight excluding hydrogens is 276 g/mol. The van der Waals surface area contributed by atoms with Crippen LogP contribution in [0.15, 0.2) is 0 Å². The van der Waals surface area contributed by atoms with Crippen molar-refractivity contribution in [3.8, 4) is 0 Å². The van der Waals surface area contributed by atoms with Gasteiger partial charge in [0.25, 0.3) is 0 Å². The number of carbonyl (C=O) groups is 2. The Labute approximate surface area is 124 Å². The highest BCUT2D eigenvalue weighted by Crippen LogP contribution is 2.27. The van der Waals surface area contributed by atoms with Crippen LogP contribution < -0.4 is 10.6 Å². The van der Waals surface area contributed by atoms with Gasteiger partial charge in [0, 0.05) is 30.5 Å². The minimum atomic E-state index is -1.03. The molecule has 3 N–H and O–H groups in total. The number of hydrogen-bond donors (Lipinski definition) is 3. The van der Waals surface area contributed by atoms with Crippen LogP contribution in [-0.4, -0.2) is 46.6 Å². The Hall–Kier alpha value is -0.750. The number of nitrogens with one attached hydrogen (secondary N) is 2. The molecule has 2 rings (SSSR count). The van der Waals surface area contributed by atoms with E-state index in [1.807, 2.05) is 11.8 Å². The van der Waals surface area contributed by atoms with Crippen LogP contribution in [0.4, 0.5) is 0 Å². The molecule has 1 atom stereocenters. The van der Waals surface area contributed by atoms with E-state index in [0.717, 1.165) is 43.7 Å². The number of thioether (sulfide) groups is 1. The lowest BCUT2D eigenvalue weighted by molar-refractivity contribution is -0.148. The van der Waals surface area contributed by atoms with Gasteiger partial charge in [-0.2, -0.15) is 11.8 Å². The number of amides is 1. The fourth-order valence-electron chi connectivity index (χ4n) is 3.02. The summed E-state index contributed by atoms with van der Waals surface area (Å²) in [6.45, 7) is 0.923. The van der Waals surface area contributed by atoms with E-state index >= 15 is 0 Å². The first-order valence-corrected chi connectivity index (χ1v) is 8.63. The summed E-state index contributed by atoms with van der Waals surface area (Å²) in [7, 11) is 0. The number of carbonyl (C=O) groups excluding carboxylic acids is 1. The molecule has 1 unspecified atom stereocenters. The van der Waals surface area contributed by atoms with Crippen molar-refractivity contribution in [1.29, 1.82) is 0 Å². The molecule has 1 saturated heterocycles. The smallest absolute Gasteiger partial charge is 0.329 e. The molecule has 0 radical (unpaired) electrons. The van der Waals surface area contributed by atoms with Crippen LogP contribution >= 0.6 is 11.8 Å². The first-order valence-electron chi connectivity index (χ1n) is 7.48. The first-order chi connectivity index (χ1) is 9.62. The van der Waals surface area contributed by atoms with Gasteiger partial charge >= 0.3 is 5.97 Å². The van der Waals surface area contributed by atoms with Gasteiger partial charge in [-0.25, -0.2) is 4.79 Å². The molecule has 2 aliphatic rings. The molecule has 0 bridgehead atoms. The zero-order chi connectivity index (χ0) is 14.4. The summed E-state index contributed by atoms with van der Waals surface area (Å²) in [5.74, 6) is 0.998. The third kappa shape index (κ3) is 4.12. The summed E-state index contributed by atoms with van der Waals surface area (Å²) in [6.07, 6.45) is 5.37. The van der Waals surface area contributed by atoms with Gasteiger partial charge in [-0.1, -0.05) is 25.7 Å². The van der Waals surface area contributed by atoms with Gasteiger partial charge in [-0.15, -0.1) is 0 Å². The maximum atomic E-state index is 12.2. The molecule has 1 heterocycles. The maximum Gasteiger partial charge on any atom is 0.329 e. The lowest BCUT2D eigenvalue weighted by Gasteiger charge is -2.30. The highest BCUT2D eigenvalue weighted by atomic mass is 32.2. The predicted octanol–water partition coefficient (Wildman–Crippen LogP) is 1.38. The molecule has 2 fully saturated rings. The van der Waals surface area contributed by atoms with Crippen molar-refractivity contribution in [2.45, 2.75) is 56.5 Å². The second kappa shape index (κ2) is 7.31. The van der Waals surface area contributed by atoms with Gasteiger partial charge in [0.1, 0.15) is 5.54 Å². The van der Waals surface area contributed by atoms with Crippen LogP contribution in [0.3, 0.4) is 0 Å². The molecule has 0 aromatic carbocycles. The van der Waals surface area contributed by atoms with Crippen LogP contribution in [0.25, 0.3) is 0 Å². The van der Waals surface area contributed by atoms with E-state index in [1.54, 1.807) is 0 Å². The van der Waals surface area contributed by atoms with Gasteiger partial charge in [0.15, 0.2) is 0 Å². The van der Waals surface area contributed by atoms with Crippen LogP contribution in [-0.2, 0) is 9.59 Å². The zero-order valence-corrected chi connectivity index (χ0v) is 12.6. The predicted molar refractivity (Wildman–Crippen MR) is 79.9 cm³/mol. The summed E-state index contributed by atoms with van der Waals surface area (Å²) >= 11 is 1.84. The molecule has 5 nitrogen and oxygen atoms in total. The van der Waals surface area contributed by atoms with E-state index in [-0.39, 0.29) is 11.9 Å². The topological polar surface area (TPSA) is 78.4 Å². The lowest BCUT2D eigenvalue weighted by Crippen LogP contribution is -2.55. The van der Waals surface area contributed by atoms with Gasteiger partial charge < -0.3 is 15.7 Å². The van der Waals surface area contributed by atoms with E-state index in [2.05, 4.69) is 10.6 Å². The molecule has 1 saturated carbocycles. The normalized spacial score (nSPS) is 26.5. The summed E-state index contributed by atoms with van der Waals surface area (Å²) in [5.41, 5.74) is -1.03. The Morgan fingerprint density at radius 3 is 2.50 bits per heavy atom. The zero-order valence-electron chi connectivity index (χ0n) is 11.8. The molecule has 20 heavy (non-hydrogen) atoms. The fraction of sp³-hybridized carbons (Fsp3) is 0.857. The van der Waals surface area contributed by atoms with Crippen molar-refractivity contribution < 1.29 is 14.7 Å². The molecular formula is C14H24N2O3S. The summed E-state index contributed by atoms with van der Waals surface area (Å²) < 4.78 is 0. The van der Waals surface area contributed by atoms with Crippen molar-refractivity contribution in [2.24, 2.45) is 0 Å². The molecule has 6 heteroatoms. The summed E-state index contributed by atoms with van der Waals surface area (Å²) in [6, 6.07) is 0.172. The number of carboxylic acids is 1. The summed E-state index contributed by atoms with van der Waals surface area (Å²) in [5, 5.41) is 15.7. The molecule has 1 aliphatic heterocycles. The Morgan fingerprint density at radius 1 is 1.25 bits per heavy atom. The largest absolute Gasteiger partial charge is 0.480 e. The van der Waals surface area contributed by atoms with Crippen molar-refractivity contribution in [2.75, 3.05) is 18.1 Å². The van der Waals surface area contributed by atoms with Crippen molar-refractivity contribution in [3.05, 3.63) is 0 Å². The lowest BCUT2D eigenvalue weighted by atomic mass is 9.90. The van der Waals surface area contributed by atoms with E-state index in [9.17, 15) is 14.7 Å². The average molecular weight is 300 g/mol. The van der Waals surface area contributed by atoms with Crippen LogP contribution in [0.5, 0.6) is 0 Å². The molecule has 114 valence electrons. The molecule has 0 aromatic heterocycles. The van der Waals surface area contributed by atoms with E-state index < -0.39 is 11.5 Å². The Morgan fingerprint density at radius 2 is 1.95 bits per heavy atom.